The minimum absolute atomic E-state index is 0.444. The van der Waals surface area contributed by atoms with E-state index in [1.807, 2.05) is 55.5 Å². The molecular formula is C21H25NO. The highest BCUT2D eigenvalue weighted by Crippen LogP contribution is 2.29. The molecule has 2 heteroatoms. The monoisotopic (exact) mass is 307 g/mol. The third kappa shape index (κ3) is 4.36. The van der Waals surface area contributed by atoms with Crippen LogP contribution in [0.3, 0.4) is 0 Å². The second-order valence-corrected chi connectivity index (χ2v) is 6.45. The summed E-state index contributed by atoms with van der Waals surface area (Å²) in [6.45, 7) is 6.98. The van der Waals surface area contributed by atoms with Crippen molar-refractivity contribution in [2.75, 3.05) is 6.61 Å². The van der Waals surface area contributed by atoms with Crippen LogP contribution in [0.5, 0.6) is 5.75 Å². The van der Waals surface area contributed by atoms with Crippen LogP contribution in [0.2, 0.25) is 0 Å². The van der Waals surface area contributed by atoms with Crippen LogP contribution in [0.15, 0.2) is 54.6 Å². The number of hydrogen-bond acceptors (Lipinski definition) is 2. The third-order valence-electron chi connectivity index (χ3n) is 4.28. The number of para-hydroxylation sites is 1. The summed E-state index contributed by atoms with van der Waals surface area (Å²) < 4.78 is 5.96. The van der Waals surface area contributed by atoms with Crippen LogP contribution >= 0.6 is 0 Å². The maximum Gasteiger partial charge on any atom is 0.122 e. The van der Waals surface area contributed by atoms with E-state index in [0.29, 0.717) is 12.5 Å². The summed E-state index contributed by atoms with van der Waals surface area (Å²) in [4.78, 5) is 0. The number of nitriles is 1. The molecule has 2 aromatic carbocycles. The summed E-state index contributed by atoms with van der Waals surface area (Å²) in [5, 5.41) is 9.58. The predicted octanol–water partition coefficient (Wildman–Crippen LogP) is 5.45. The van der Waals surface area contributed by atoms with E-state index in [1.54, 1.807) is 0 Å². The predicted molar refractivity (Wildman–Crippen MR) is 94.7 cm³/mol. The van der Waals surface area contributed by atoms with Gasteiger partial charge in [-0.05, 0) is 42.9 Å². The second-order valence-electron chi connectivity index (χ2n) is 6.45. The number of nitrogens with zero attached hydrogens (tertiary/aromatic N) is 1. The van der Waals surface area contributed by atoms with Gasteiger partial charge < -0.3 is 4.74 Å². The Bertz CT molecular complexity index is 657. The summed E-state index contributed by atoms with van der Waals surface area (Å²) in [6.07, 6.45) is 1.64. The molecule has 0 radical (unpaired) electrons. The maximum atomic E-state index is 9.58. The first-order valence-corrected chi connectivity index (χ1v) is 8.25. The molecule has 0 saturated heterocycles. The normalized spacial score (nSPS) is 13.3. The van der Waals surface area contributed by atoms with E-state index in [2.05, 4.69) is 26.0 Å². The molecule has 120 valence electrons. The lowest BCUT2D eigenvalue weighted by molar-refractivity contribution is 0.292. The molecule has 0 aliphatic rings. The molecule has 0 N–H and O–H groups in total. The van der Waals surface area contributed by atoms with Gasteiger partial charge in [-0.2, -0.15) is 5.26 Å². The van der Waals surface area contributed by atoms with Gasteiger partial charge in [0.2, 0.25) is 0 Å². The molecule has 0 fully saturated rings. The van der Waals surface area contributed by atoms with Crippen molar-refractivity contribution in [3.05, 3.63) is 65.7 Å². The van der Waals surface area contributed by atoms with Crippen LogP contribution < -0.4 is 4.74 Å². The standard InChI is InChI=1S/C21H25NO/c1-17(2)19-12-7-8-13-20(19)23-15-9-14-21(3,16-22)18-10-5-4-6-11-18/h4-8,10-13,17H,9,14-15H2,1-3H3. The van der Waals surface area contributed by atoms with Gasteiger partial charge in [-0.25, -0.2) is 0 Å². The first-order chi connectivity index (χ1) is 11.1. The van der Waals surface area contributed by atoms with Gasteiger partial charge in [0.25, 0.3) is 0 Å². The quantitative estimate of drug-likeness (QED) is 0.637. The number of ether oxygens (including phenoxy) is 1. The van der Waals surface area contributed by atoms with Crippen LogP contribution in [0.4, 0.5) is 0 Å². The van der Waals surface area contributed by atoms with Crippen molar-refractivity contribution in [2.45, 2.75) is 44.9 Å². The van der Waals surface area contributed by atoms with Crippen molar-refractivity contribution >= 4 is 0 Å². The molecule has 0 spiro atoms. The highest BCUT2D eigenvalue weighted by Gasteiger charge is 2.25. The maximum absolute atomic E-state index is 9.58. The lowest BCUT2D eigenvalue weighted by Crippen LogP contribution is -2.20. The molecular weight excluding hydrogens is 282 g/mol. The zero-order valence-corrected chi connectivity index (χ0v) is 14.3. The van der Waals surface area contributed by atoms with Crippen LogP contribution in [-0.2, 0) is 5.41 Å². The van der Waals surface area contributed by atoms with Gasteiger partial charge in [0.05, 0.1) is 18.1 Å². The van der Waals surface area contributed by atoms with E-state index in [4.69, 9.17) is 4.74 Å². The Morgan fingerprint density at radius 1 is 1.04 bits per heavy atom. The molecule has 0 aliphatic carbocycles. The molecule has 1 unspecified atom stereocenters. The number of benzene rings is 2. The molecule has 0 aliphatic heterocycles. The molecule has 0 saturated carbocycles. The van der Waals surface area contributed by atoms with Crippen molar-refractivity contribution in [3.8, 4) is 11.8 Å². The van der Waals surface area contributed by atoms with Gasteiger partial charge in [0.15, 0.2) is 0 Å². The van der Waals surface area contributed by atoms with Crippen LogP contribution in [0.25, 0.3) is 0 Å². The van der Waals surface area contributed by atoms with Gasteiger partial charge in [-0.3, -0.25) is 0 Å². The fourth-order valence-electron chi connectivity index (χ4n) is 2.77. The van der Waals surface area contributed by atoms with Crippen molar-refractivity contribution in [1.82, 2.24) is 0 Å². The molecule has 2 nitrogen and oxygen atoms in total. The summed E-state index contributed by atoms with van der Waals surface area (Å²) in [6, 6.07) is 20.7. The minimum Gasteiger partial charge on any atom is -0.493 e. The second kappa shape index (κ2) is 7.83. The van der Waals surface area contributed by atoms with E-state index in [-0.39, 0.29) is 0 Å². The van der Waals surface area contributed by atoms with Gasteiger partial charge in [0.1, 0.15) is 5.75 Å². The highest BCUT2D eigenvalue weighted by atomic mass is 16.5. The Morgan fingerprint density at radius 2 is 1.70 bits per heavy atom. The SMILES string of the molecule is CC(C)c1ccccc1OCCCC(C)(C#N)c1ccccc1. The van der Waals surface area contributed by atoms with E-state index < -0.39 is 5.41 Å². The van der Waals surface area contributed by atoms with Crippen LogP contribution in [0.1, 0.15) is 50.7 Å². The molecule has 0 heterocycles. The fourth-order valence-corrected chi connectivity index (χ4v) is 2.77. The first kappa shape index (κ1) is 17.1. The Kier molecular flexibility index (Phi) is 5.82. The Labute approximate surface area is 139 Å². The Hall–Kier alpha value is -2.27. The summed E-state index contributed by atoms with van der Waals surface area (Å²) >= 11 is 0. The Morgan fingerprint density at radius 3 is 2.35 bits per heavy atom. The van der Waals surface area contributed by atoms with Gasteiger partial charge in [-0.1, -0.05) is 62.4 Å². The van der Waals surface area contributed by atoms with Crippen LogP contribution in [-0.4, -0.2) is 6.61 Å². The zero-order valence-electron chi connectivity index (χ0n) is 14.3. The molecule has 0 amide bonds. The zero-order chi connectivity index (χ0) is 16.7. The third-order valence-corrected chi connectivity index (χ3v) is 4.28. The van der Waals surface area contributed by atoms with Gasteiger partial charge >= 0.3 is 0 Å². The van der Waals surface area contributed by atoms with E-state index in [0.717, 1.165) is 24.2 Å². The first-order valence-electron chi connectivity index (χ1n) is 8.25. The lowest BCUT2D eigenvalue weighted by atomic mass is 9.80. The number of rotatable bonds is 7. The summed E-state index contributed by atoms with van der Waals surface area (Å²) in [5.41, 5.74) is 1.85. The molecule has 2 aromatic rings. The number of hydrogen-bond donors (Lipinski definition) is 0. The van der Waals surface area contributed by atoms with E-state index in [1.165, 1.54) is 5.56 Å². The largest absolute Gasteiger partial charge is 0.493 e. The van der Waals surface area contributed by atoms with Crippen molar-refractivity contribution in [2.24, 2.45) is 0 Å². The van der Waals surface area contributed by atoms with E-state index >= 15 is 0 Å². The van der Waals surface area contributed by atoms with Crippen LogP contribution in [0, 0.1) is 11.3 Å². The topological polar surface area (TPSA) is 33.0 Å². The molecule has 0 aromatic heterocycles. The van der Waals surface area contributed by atoms with E-state index in [9.17, 15) is 5.26 Å². The van der Waals surface area contributed by atoms with Crippen molar-refractivity contribution < 1.29 is 4.74 Å². The van der Waals surface area contributed by atoms with Gasteiger partial charge in [-0.15, -0.1) is 0 Å². The highest BCUT2D eigenvalue weighted by molar-refractivity contribution is 5.35. The molecule has 1 atom stereocenters. The summed E-state index contributed by atoms with van der Waals surface area (Å²) in [5.74, 6) is 1.40. The lowest BCUT2D eigenvalue weighted by Gasteiger charge is -2.22. The fraction of sp³-hybridized carbons (Fsp3) is 0.381. The average molecular weight is 307 g/mol. The summed E-state index contributed by atoms with van der Waals surface area (Å²) in [7, 11) is 0. The van der Waals surface area contributed by atoms with Gasteiger partial charge in [0, 0.05) is 0 Å². The molecule has 23 heavy (non-hydrogen) atoms. The van der Waals surface area contributed by atoms with Crippen molar-refractivity contribution in [3.63, 3.8) is 0 Å². The molecule has 0 bridgehead atoms. The van der Waals surface area contributed by atoms with Crippen molar-refractivity contribution in [1.29, 1.82) is 5.26 Å². The Balaban J connectivity index is 1.94. The molecule has 2 rings (SSSR count). The minimum atomic E-state index is -0.456. The smallest absolute Gasteiger partial charge is 0.122 e. The average Bonchev–Trinajstić information content (AvgIpc) is 2.59.